The first-order valence-corrected chi connectivity index (χ1v) is 11.6. The van der Waals surface area contributed by atoms with Crippen molar-refractivity contribution in [3.05, 3.63) is 54.1 Å². The molecule has 9 heteroatoms. The molecule has 2 aromatic carbocycles. The highest BCUT2D eigenvalue weighted by Gasteiger charge is 2.36. The van der Waals surface area contributed by atoms with Crippen LogP contribution in [0, 0.1) is 5.92 Å². The predicted octanol–water partition coefficient (Wildman–Crippen LogP) is 3.58. The number of methoxy groups -OCH3 is 1. The van der Waals surface area contributed by atoms with Crippen LogP contribution >= 0.6 is 0 Å². The SMILES string of the molecule is CCCCCOC(=O)c1ccc(N2C[C@@H](C(=O)OCC(=O)Nc3cccc(OC)c3)CC2=O)cc1. The van der Waals surface area contributed by atoms with E-state index in [1.165, 1.54) is 12.0 Å². The number of nitrogens with zero attached hydrogens (tertiary/aromatic N) is 1. The summed E-state index contributed by atoms with van der Waals surface area (Å²) >= 11 is 0. The Morgan fingerprint density at radius 3 is 2.54 bits per heavy atom. The van der Waals surface area contributed by atoms with Gasteiger partial charge in [0.25, 0.3) is 5.91 Å². The molecule has 0 radical (unpaired) electrons. The van der Waals surface area contributed by atoms with Gasteiger partial charge in [0, 0.05) is 30.4 Å². The summed E-state index contributed by atoms with van der Waals surface area (Å²) in [6.45, 7) is 2.12. The number of hydrogen-bond donors (Lipinski definition) is 1. The molecule has 0 aromatic heterocycles. The Bertz CT molecular complexity index is 1050. The number of esters is 2. The molecule has 186 valence electrons. The molecule has 0 bridgehead atoms. The lowest BCUT2D eigenvalue weighted by Gasteiger charge is -2.17. The second-order valence-electron chi connectivity index (χ2n) is 8.18. The quantitative estimate of drug-likeness (QED) is 0.385. The van der Waals surface area contributed by atoms with Crippen LogP contribution in [0.1, 0.15) is 43.0 Å². The van der Waals surface area contributed by atoms with Gasteiger partial charge in [-0.3, -0.25) is 14.4 Å². The predicted molar refractivity (Wildman–Crippen MR) is 129 cm³/mol. The van der Waals surface area contributed by atoms with Gasteiger partial charge in [-0.1, -0.05) is 25.8 Å². The van der Waals surface area contributed by atoms with E-state index in [4.69, 9.17) is 14.2 Å². The van der Waals surface area contributed by atoms with Crippen molar-refractivity contribution in [1.29, 1.82) is 0 Å². The van der Waals surface area contributed by atoms with Crippen LogP contribution in [0.25, 0.3) is 0 Å². The minimum Gasteiger partial charge on any atom is -0.497 e. The van der Waals surface area contributed by atoms with Crippen LogP contribution in [0.4, 0.5) is 11.4 Å². The van der Waals surface area contributed by atoms with E-state index < -0.39 is 30.4 Å². The molecule has 2 aromatic rings. The molecule has 3 rings (SSSR count). The standard InChI is InChI=1S/C26H30N2O7/c1-3-4-5-13-34-25(31)18-9-11-21(12-10-18)28-16-19(14-24(28)30)26(32)35-17-23(29)27-20-7-6-8-22(15-20)33-2/h6-12,15,19H,3-5,13-14,16-17H2,1-2H3,(H,27,29)/t19-/m0/s1. The average molecular weight is 483 g/mol. The smallest absolute Gasteiger partial charge is 0.338 e. The zero-order valence-electron chi connectivity index (χ0n) is 20.0. The molecule has 0 saturated carbocycles. The van der Waals surface area contributed by atoms with Crippen LogP contribution in [0.5, 0.6) is 5.75 Å². The molecule has 1 atom stereocenters. The molecule has 1 saturated heterocycles. The van der Waals surface area contributed by atoms with Gasteiger partial charge in [0.15, 0.2) is 6.61 Å². The number of unbranched alkanes of at least 4 members (excludes halogenated alkanes) is 2. The normalized spacial score (nSPS) is 15.0. The molecular formula is C26H30N2O7. The summed E-state index contributed by atoms with van der Waals surface area (Å²) in [4.78, 5) is 50.7. The van der Waals surface area contributed by atoms with E-state index in [0.29, 0.717) is 29.3 Å². The van der Waals surface area contributed by atoms with Crippen LogP contribution in [0.15, 0.2) is 48.5 Å². The first-order chi connectivity index (χ1) is 16.9. The zero-order chi connectivity index (χ0) is 25.2. The fourth-order valence-electron chi connectivity index (χ4n) is 3.65. The lowest BCUT2D eigenvalue weighted by atomic mass is 10.1. The number of anilines is 2. The molecule has 1 fully saturated rings. The lowest BCUT2D eigenvalue weighted by Crippen LogP contribution is -2.28. The molecule has 0 unspecified atom stereocenters. The third kappa shape index (κ3) is 7.30. The van der Waals surface area contributed by atoms with Crippen LogP contribution in [-0.2, 0) is 23.9 Å². The summed E-state index contributed by atoms with van der Waals surface area (Å²) in [5.74, 6) is -1.85. The first kappa shape index (κ1) is 25.7. The van der Waals surface area contributed by atoms with Crippen molar-refractivity contribution in [3.8, 4) is 5.75 Å². The molecule has 0 aliphatic carbocycles. The van der Waals surface area contributed by atoms with Gasteiger partial charge in [-0.2, -0.15) is 0 Å². The largest absolute Gasteiger partial charge is 0.497 e. The molecule has 1 heterocycles. The van der Waals surface area contributed by atoms with Gasteiger partial charge in [0.1, 0.15) is 5.75 Å². The minimum atomic E-state index is -0.685. The maximum absolute atomic E-state index is 12.5. The van der Waals surface area contributed by atoms with Crippen LogP contribution < -0.4 is 15.0 Å². The molecule has 9 nitrogen and oxygen atoms in total. The molecule has 35 heavy (non-hydrogen) atoms. The first-order valence-electron chi connectivity index (χ1n) is 11.6. The van der Waals surface area contributed by atoms with Crippen molar-refractivity contribution in [2.75, 3.05) is 37.1 Å². The summed E-state index contributed by atoms with van der Waals surface area (Å²) in [6.07, 6.45) is 2.85. The van der Waals surface area contributed by atoms with E-state index in [-0.39, 0.29) is 18.9 Å². The summed E-state index contributed by atoms with van der Waals surface area (Å²) in [5, 5.41) is 2.63. The van der Waals surface area contributed by atoms with Crippen molar-refractivity contribution >= 4 is 35.1 Å². The van der Waals surface area contributed by atoms with Crippen molar-refractivity contribution in [2.45, 2.75) is 32.6 Å². The van der Waals surface area contributed by atoms with Crippen molar-refractivity contribution in [3.63, 3.8) is 0 Å². The Morgan fingerprint density at radius 2 is 1.83 bits per heavy atom. The van der Waals surface area contributed by atoms with E-state index in [9.17, 15) is 19.2 Å². The van der Waals surface area contributed by atoms with Gasteiger partial charge >= 0.3 is 11.9 Å². The van der Waals surface area contributed by atoms with E-state index in [1.807, 2.05) is 0 Å². The third-order valence-corrected chi connectivity index (χ3v) is 5.55. The van der Waals surface area contributed by atoms with Crippen molar-refractivity contribution in [2.24, 2.45) is 5.92 Å². The lowest BCUT2D eigenvalue weighted by molar-refractivity contribution is -0.151. The highest BCUT2D eigenvalue weighted by molar-refractivity contribution is 6.00. The van der Waals surface area contributed by atoms with Gasteiger partial charge in [-0.05, 0) is 42.8 Å². The van der Waals surface area contributed by atoms with Gasteiger partial charge in [-0.15, -0.1) is 0 Å². The summed E-state index contributed by atoms with van der Waals surface area (Å²) < 4.78 is 15.5. The molecule has 2 amide bonds. The van der Waals surface area contributed by atoms with Gasteiger partial charge in [0.2, 0.25) is 5.91 Å². The Balaban J connectivity index is 1.48. The van der Waals surface area contributed by atoms with Gasteiger partial charge in [-0.25, -0.2) is 4.79 Å². The van der Waals surface area contributed by atoms with E-state index in [2.05, 4.69) is 12.2 Å². The second-order valence-corrected chi connectivity index (χ2v) is 8.18. The van der Waals surface area contributed by atoms with E-state index in [1.54, 1.807) is 48.5 Å². The fourth-order valence-corrected chi connectivity index (χ4v) is 3.65. The molecule has 0 spiro atoms. The van der Waals surface area contributed by atoms with Crippen molar-refractivity contribution in [1.82, 2.24) is 0 Å². The zero-order valence-corrected chi connectivity index (χ0v) is 20.0. The van der Waals surface area contributed by atoms with Crippen LogP contribution in [0.3, 0.4) is 0 Å². The molecular weight excluding hydrogens is 452 g/mol. The Kier molecular flexibility index (Phi) is 9.23. The van der Waals surface area contributed by atoms with Gasteiger partial charge in [0.05, 0.1) is 25.2 Å². The average Bonchev–Trinajstić information content (AvgIpc) is 3.27. The number of amides is 2. The molecule has 1 aliphatic rings. The number of hydrogen-bond acceptors (Lipinski definition) is 7. The monoisotopic (exact) mass is 482 g/mol. The molecule has 1 aliphatic heterocycles. The van der Waals surface area contributed by atoms with E-state index >= 15 is 0 Å². The highest BCUT2D eigenvalue weighted by atomic mass is 16.5. The second kappa shape index (κ2) is 12.5. The third-order valence-electron chi connectivity index (χ3n) is 5.55. The van der Waals surface area contributed by atoms with Gasteiger partial charge < -0.3 is 24.4 Å². The van der Waals surface area contributed by atoms with Crippen molar-refractivity contribution < 1.29 is 33.4 Å². The summed E-state index contributed by atoms with van der Waals surface area (Å²) in [5.41, 5.74) is 1.49. The maximum Gasteiger partial charge on any atom is 0.338 e. The summed E-state index contributed by atoms with van der Waals surface area (Å²) in [7, 11) is 1.52. The maximum atomic E-state index is 12.5. The number of benzene rings is 2. The Labute approximate surface area is 204 Å². The topological polar surface area (TPSA) is 111 Å². The Morgan fingerprint density at radius 1 is 1.06 bits per heavy atom. The number of carbonyl (C=O) groups is 4. The Hall–Kier alpha value is -3.88. The van der Waals surface area contributed by atoms with E-state index in [0.717, 1.165) is 19.3 Å². The number of nitrogens with one attached hydrogen (secondary N) is 1. The fraction of sp³-hybridized carbons (Fsp3) is 0.385. The minimum absolute atomic E-state index is 0.0163. The number of ether oxygens (including phenoxy) is 3. The van der Waals surface area contributed by atoms with Crippen LogP contribution in [-0.4, -0.2) is 50.6 Å². The summed E-state index contributed by atoms with van der Waals surface area (Å²) in [6, 6.07) is 13.3. The number of carbonyl (C=O) groups excluding carboxylic acids is 4. The molecule has 1 N–H and O–H groups in total. The van der Waals surface area contributed by atoms with Crippen LogP contribution in [0.2, 0.25) is 0 Å². The highest BCUT2D eigenvalue weighted by Crippen LogP contribution is 2.26. The number of rotatable bonds is 11.